The van der Waals surface area contributed by atoms with Gasteiger partial charge < -0.3 is 15.3 Å². The predicted molar refractivity (Wildman–Crippen MR) is 120 cm³/mol. The average molecular weight is 497 g/mol. The maximum atomic E-state index is 13.8. The number of halogens is 4. The third-order valence-corrected chi connectivity index (χ3v) is 6.97. The zero-order chi connectivity index (χ0) is 25.3. The molecule has 190 valence electrons. The van der Waals surface area contributed by atoms with Crippen LogP contribution in [-0.2, 0) is 12.7 Å². The Morgan fingerprint density at radius 1 is 1.11 bits per heavy atom. The number of fused-ring (bicyclic) bond motifs is 1. The number of rotatable bonds is 7. The fraction of sp³-hybridized carbons (Fsp3) is 0.542. The first-order valence-corrected chi connectivity index (χ1v) is 11.7. The molecular formula is C24H28F4N4O3. The Hall–Kier alpha value is -3.11. The average Bonchev–Trinajstić information content (AvgIpc) is 3.39. The molecule has 0 bridgehead atoms. The normalized spacial score (nSPS) is 21.0. The molecule has 1 aliphatic heterocycles. The van der Waals surface area contributed by atoms with Crippen molar-refractivity contribution >= 4 is 17.7 Å². The van der Waals surface area contributed by atoms with E-state index in [0.29, 0.717) is 18.7 Å². The number of alkyl halides is 4. The molecule has 0 spiro atoms. The summed E-state index contributed by atoms with van der Waals surface area (Å²) in [6, 6.07) is 5.12. The van der Waals surface area contributed by atoms with Crippen molar-refractivity contribution in [2.75, 3.05) is 24.7 Å². The molecule has 2 aromatic rings. The molecule has 0 saturated heterocycles. The first-order valence-electron chi connectivity index (χ1n) is 11.7. The third kappa shape index (κ3) is 5.28. The van der Waals surface area contributed by atoms with E-state index in [-0.39, 0.29) is 36.4 Å². The van der Waals surface area contributed by atoms with Crippen LogP contribution in [0.3, 0.4) is 0 Å². The zero-order valence-corrected chi connectivity index (χ0v) is 19.3. The largest absolute Gasteiger partial charge is 0.478 e. The van der Waals surface area contributed by atoms with E-state index >= 15 is 0 Å². The Labute approximate surface area is 200 Å². The van der Waals surface area contributed by atoms with E-state index in [1.165, 1.54) is 28.9 Å². The molecule has 11 heteroatoms. The van der Waals surface area contributed by atoms with Crippen LogP contribution in [0.25, 0.3) is 0 Å². The van der Waals surface area contributed by atoms with Crippen LogP contribution in [0.15, 0.2) is 24.3 Å². The van der Waals surface area contributed by atoms with E-state index in [1.54, 1.807) is 11.8 Å². The van der Waals surface area contributed by atoms with E-state index in [0.717, 1.165) is 25.7 Å². The number of benzene rings is 1. The Kier molecular flexibility index (Phi) is 7.05. The van der Waals surface area contributed by atoms with Gasteiger partial charge in [0.2, 0.25) is 0 Å². The van der Waals surface area contributed by atoms with Crippen molar-refractivity contribution in [1.82, 2.24) is 15.1 Å². The van der Waals surface area contributed by atoms with Gasteiger partial charge in [0.1, 0.15) is 11.4 Å². The van der Waals surface area contributed by atoms with Crippen LogP contribution >= 0.6 is 0 Å². The first-order chi connectivity index (χ1) is 16.6. The Balaban J connectivity index is 1.56. The highest BCUT2D eigenvalue weighted by molar-refractivity contribution is 6.01. The second kappa shape index (κ2) is 9.87. The molecule has 0 radical (unpaired) electrons. The second-order valence-electron chi connectivity index (χ2n) is 9.38. The smallest absolute Gasteiger partial charge is 0.436 e. The molecule has 2 heterocycles. The molecule has 2 aliphatic rings. The molecule has 1 aromatic heterocycles. The Morgan fingerprint density at radius 3 is 2.31 bits per heavy atom. The summed E-state index contributed by atoms with van der Waals surface area (Å²) < 4.78 is 55.7. The number of carboxylic acid groups (broad SMARTS) is 1. The standard InChI is InChI=1S/C24H28F4N4O3/c1-14(17-6-8-18(9-7-17)23(34)35)29-21(33)19-20(24(26,27)28)30-32-11-10-31(22(19)32)13-16-4-2-15(12-25)3-5-16/h6-9,14-16H,2-5,10-13H2,1H3,(H,29,33)(H,34,35)/t14-,15?,16?/m0/s1. The van der Waals surface area contributed by atoms with Crippen LogP contribution in [0, 0.1) is 11.8 Å². The molecule has 0 unspecified atom stereocenters. The zero-order valence-electron chi connectivity index (χ0n) is 19.3. The van der Waals surface area contributed by atoms with Gasteiger partial charge in [-0.1, -0.05) is 12.1 Å². The minimum atomic E-state index is -4.80. The van der Waals surface area contributed by atoms with Gasteiger partial charge in [-0.2, -0.15) is 18.3 Å². The lowest BCUT2D eigenvalue weighted by molar-refractivity contribution is -0.141. The summed E-state index contributed by atoms with van der Waals surface area (Å²) in [6.45, 7) is 2.47. The van der Waals surface area contributed by atoms with Crippen LogP contribution in [0.5, 0.6) is 0 Å². The number of nitrogens with one attached hydrogen (secondary N) is 1. The van der Waals surface area contributed by atoms with Gasteiger partial charge in [0.25, 0.3) is 5.91 Å². The van der Waals surface area contributed by atoms with Crippen molar-refractivity contribution in [3.8, 4) is 0 Å². The van der Waals surface area contributed by atoms with Gasteiger partial charge >= 0.3 is 12.1 Å². The monoisotopic (exact) mass is 496 g/mol. The van der Waals surface area contributed by atoms with Crippen molar-refractivity contribution in [3.05, 3.63) is 46.6 Å². The number of aromatic nitrogens is 2. The van der Waals surface area contributed by atoms with Crippen LogP contribution in [0.2, 0.25) is 0 Å². The maximum Gasteiger partial charge on any atom is 0.436 e. The summed E-state index contributed by atoms with van der Waals surface area (Å²) in [6.07, 6.45) is -1.69. The highest BCUT2D eigenvalue weighted by Crippen LogP contribution is 2.39. The summed E-state index contributed by atoms with van der Waals surface area (Å²) in [7, 11) is 0. The van der Waals surface area contributed by atoms with Crippen LogP contribution < -0.4 is 10.2 Å². The van der Waals surface area contributed by atoms with Crippen molar-refractivity contribution in [2.24, 2.45) is 11.8 Å². The van der Waals surface area contributed by atoms with E-state index in [1.807, 2.05) is 0 Å². The lowest BCUT2D eigenvalue weighted by Crippen LogP contribution is -2.34. The van der Waals surface area contributed by atoms with Gasteiger partial charge in [-0.05, 0) is 62.1 Å². The van der Waals surface area contributed by atoms with E-state index in [9.17, 15) is 27.2 Å². The third-order valence-electron chi connectivity index (χ3n) is 6.97. The van der Waals surface area contributed by atoms with Gasteiger partial charge in [0, 0.05) is 13.1 Å². The number of carbonyl (C=O) groups excluding carboxylic acids is 1. The number of nitrogens with zero attached hydrogens (tertiary/aromatic N) is 3. The number of anilines is 1. The van der Waals surface area contributed by atoms with E-state index < -0.39 is 35.4 Å². The van der Waals surface area contributed by atoms with Gasteiger partial charge in [-0.15, -0.1) is 0 Å². The minimum Gasteiger partial charge on any atom is -0.478 e. The molecule has 1 aliphatic carbocycles. The van der Waals surface area contributed by atoms with Crippen LogP contribution in [-0.4, -0.2) is 46.5 Å². The van der Waals surface area contributed by atoms with Gasteiger partial charge in [0.05, 0.1) is 24.8 Å². The molecule has 1 aromatic carbocycles. The lowest BCUT2D eigenvalue weighted by Gasteiger charge is -2.31. The van der Waals surface area contributed by atoms with Crippen molar-refractivity contribution < 1.29 is 32.3 Å². The molecule has 4 rings (SSSR count). The highest BCUT2D eigenvalue weighted by Gasteiger charge is 2.44. The summed E-state index contributed by atoms with van der Waals surface area (Å²) in [5.41, 5.74) is -1.09. The summed E-state index contributed by atoms with van der Waals surface area (Å²) in [5, 5.41) is 15.4. The number of amides is 1. The summed E-state index contributed by atoms with van der Waals surface area (Å²) in [5.74, 6) is -1.55. The van der Waals surface area contributed by atoms with E-state index in [4.69, 9.17) is 5.11 Å². The fourth-order valence-electron chi connectivity index (χ4n) is 4.98. The van der Waals surface area contributed by atoms with Crippen LogP contribution in [0.4, 0.5) is 23.4 Å². The summed E-state index contributed by atoms with van der Waals surface area (Å²) >= 11 is 0. The number of aromatic carboxylic acids is 1. The van der Waals surface area contributed by atoms with Crippen molar-refractivity contribution in [3.63, 3.8) is 0 Å². The lowest BCUT2D eigenvalue weighted by atomic mass is 9.82. The molecule has 2 N–H and O–H groups in total. The fourth-order valence-corrected chi connectivity index (χ4v) is 4.98. The molecule has 35 heavy (non-hydrogen) atoms. The summed E-state index contributed by atoms with van der Waals surface area (Å²) in [4.78, 5) is 26.0. The Morgan fingerprint density at radius 2 is 1.74 bits per heavy atom. The van der Waals surface area contributed by atoms with Crippen molar-refractivity contribution in [1.29, 1.82) is 0 Å². The molecule has 1 saturated carbocycles. The van der Waals surface area contributed by atoms with Crippen molar-refractivity contribution in [2.45, 2.75) is 51.4 Å². The second-order valence-corrected chi connectivity index (χ2v) is 9.38. The van der Waals surface area contributed by atoms with Gasteiger partial charge in [-0.25, -0.2) is 9.48 Å². The minimum absolute atomic E-state index is 0.0552. The number of hydrogen-bond donors (Lipinski definition) is 2. The molecular weight excluding hydrogens is 468 g/mol. The van der Waals surface area contributed by atoms with E-state index in [2.05, 4.69) is 10.4 Å². The number of carboxylic acids is 1. The first kappa shape index (κ1) is 25.0. The molecule has 1 fully saturated rings. The topological polar surface area (TPSA) is 87.5 Å². The Bertz CT molecular complexity index is 1080. The quantitative estimate of drug-likeness (QED) is 0.544. The maximum absolute atomic E-state index is 13.8. The predicted octanol–water partition coefficient (Wildman–Crippen LogP) is 4.69. The highest BCUT2D eigenvalue weighted by atomic mass is 19.4. The molecule has 1 amide bonds. The van der Waals surface area contributed by atoms with Gasteiger partial charge in [-0.3, -0.25) is 9.18 Å². The number of hydrogen-bond acceptors (Lipinski definition) is 4. The molecule has 1 atom stereocenters. The van der Waals surface area contributed by atoms with Crippen LogP contribution in [0.1, 0.15) is 70.6 Å². The van der Waals surface area contributed by atoms with Gasteiger partial charge in [0.15, 0.2) is 5.69 Å². The molecule has 7 nitrogen and oxygen atoms in total. The SMILES string of the molecule is C[C@H](NC(=O)c1c(C(F)(F)F)nn2c1N(CC1CCC(CF)CC1)CC2)c1ccc(C(=O)O)cc1. The number of carbonyl (C=O) groups is 2.